The fourth-order valence-corrected chi connectivity index (χ4v) is 0.610. The monoisotopic (exact) mass is 206 g/mol. The van der Waals surface area contributed by atoms with Gasteiger partial charge in [-0.2, -0.15) is 0 Å². The van der Waals surface area contributed by atoms with Gasteiger partial charge >= 0.3 is 0 Å². The molecule has 0 aliphatic carbocycles. The number of halogens is 1. The lowest BCUT2D eigenvalue weighted by molar-refractivity contribution is -0.104. The summed E-state index contributed by atoms with van der Waals surface area (Å²) in [6, 6.07) is 0. The summed E-state index contributed by atoms with van der Waals surface area (Å²) in [5, 5.41) is 0. The van der Waals surface area contributed by atoms with Gasteiger partial charge in [-0.25, -0.2) is 0 Å². The molecule has 0 aromatic heterocycles. The second kappa shape index (κ2) is 5.62. The molecule has 0 N–H and O–H groups in total. The molecule has 0 aliphatic rings. The van der Waals surface area contributed by atoms with E-state index in [1.165, 1.54) is 0 Å². The lowest BCUT2D eigenvalue weighted by Crippen LogP contribution is -2.02. The van der Waals surface area contributed by atoms with Crippen LogP contribution in [0.4, 0.5) is 0 Å². The molecule has 0 bridgehead atoms. The van der Waals surface area contributed by atoms with Crippen molar-refractivity contribution in [3.05, 3.63) is 10.6 Å². The lowest BCUT2D eigenvalue weighted by Gasteiger charge is -2.03. The van der Waals surface area contributed by atoms with Crippen molar-refractivity contribution >= 4 is 22.2 Å². The van der Waals surface area contributed by atoms with Gasteiger partial charge < -0.3 is 4.74 Å². The highest BCUT2D eigenvalue weighted by Crippen LogP contribution is 2.04. The number of rotatable bonds is 4. The maximum Gasteiger partial charge on any atom is 0.156 e. The van der Waals surface area contributed by atoms with E-state index in [9.17, 15) is 4.79 Å². The molecule has 1 atom stereocenters. The van der Waals surface area contributed by atoms with E-state index >= 15 is 0 Å². The van der Waals surface area contributed by atoms with Gasteiger partial charge in [0, 0.05) is 7.11 Å². The molecule has 0 aromatic rings. The Morgan fingerprint density at radius 3 is 2.80 bits per heavy atom. The van der Waals surface area contributed by atoms with Crippen molar-refractivity contribution < 1.29 is 9.53 Å². The molecular formula is C7H11BrO2. The van der Waals surface area contributed by atoms with E-state index in [0.29, 0.717) is 4.48 Å². The molecule has 3 heteroatoms. The first kappa shape index (κ1) is 9.85. The molecular weight excluding hydrogens is 196 g/mol. The molecule has 0 aliphatic heterocycles. The molecule has 1 unspecified atom stereocenters. The summed E-state index contributed by atoms with van der Waals surface area (Å²) in [5.41, 5.74) is 0. The molecule has 0 spiro atoms. The van der Waals surface area contributed by atoms with Crippen LogP contribution >= 0.6 is 15.9 Å². The summed E-state index contributed by atoms with van der Waals surface area (Å²) in [6.07, 6.45) is 3.49. The van der Waals surface area contributed by atoms with Crippen molar-refractivity contribution in [2.45, 2.75) is 19.4 Å². The van der Waals surface area contributed by atoms with Gasteiger partial charge in [-0.3, -0.25) is 4.79 Å². The predicted octanol–water partition coefficient (Wildman–Crippen LogP) is 1.89. The largest absolute Gasteiger partial charge is 0.381 e. The third-order valence-corrected chi connectivity index (χ3v) is 1.67. The van der Waals surface area contributed by atoms with Gasteiger partial charge in [-0.1, -0.05) is 6.08 Å². The number of methoxy groups -OCH3 is 1. The maximum absolute atomic E-state index is 10.0. The first-order chi connectivity index (χ1) is 4.70. The highest BCUT2D eigenvalue weighted by atomic mass is 79.9. The van der Waals surface area contributed by atoms with Gasteiger partial charge in [0.15, 0.2) is 6.29 Å². The minimum atomic E-state index is 0.174. The first-order valence-electron chi connectivity index (χ1n) is 3.04. The van der Waals surface area contributed by atoms with Crippen LogP contribution in [0.15, 0.2) is 10.6 Å². The number of carbonyl (C=O) groups is 1. The zero-order valence-electron chi connectivity index (χ0n) is 6.13. The van der Waals surface area contributed by atoms with Crippen LogP contribution in [0.1, 0.15) is 13.3 Å². The van der Waals surface area contributed by atoms with E-state index in [4.69, 9.17) is 4.74 Å². The normalized spacial score (nSPS) is 14.9. The first-order valence-corrected chi connectivity index (χ1v) is 3.83. The molecule has 10 heavy (non-hydrogen) atoms. The molecule has 0 saturated carbocycles. The number of aldehydes is 1. The van der Waals surface area contributed by atoms with E-state index in [0.717, 1.165) is 12.7 Å². The van der Waals surface area contributed by atoms with Crippen molar-refractivity contribution in [3.63, 3.8) is 0 Å². The Balaban J connectivity index is 3.60. The second-order valence-corrected chi connectivity index (χ2v) is 2.90. The molecule has 58 valence electrons. The maximum atomic E-state index is 10.0. The molecule has 0 radical (unpaired) electrons. The SMILES string of the molecule is COC(C)C/C=C(\Br)C=O. The Kier molecular flexibility index (Phi) is 5.54. The van der Waals surface area contributed by atoms with Crippen molar-refractivity contribution in [3.8, 4) is 0 Å². The van der Waals surface area contributed by atoms with Gasteiger partial charge in [-0.05, 0) is 29.3 Å². The Morgan fingerprint density at radius 2 is 2.40 bits per heavy atom. The van der Waals surface area contributed by atoms with Crippen LogP contribution in [-0.2, 0) is 9.53 Å². The fourth-order valence-electron chi connectivity index (χ4n) is 0.423. The smallest absolute Gasteiger partial charge is 0.156 e. The third-order valence-electron chi connectivity index (χ3n) is 1.16. The minimum Gasteiger partial charge on any atom is -0.381 e. The molecule has 0 heterocycles. The molecule has 0 rings (SSSR count). The molecule has 0 fully saturated rings. The van der Waals surface area contributed by atoms with Crippen molar-refractivity contribution in [2.24, 2.45) is 0 Å². The number of hydrogen-bond donors (Lipinski definition) is 0. The van der Waals surface area contributed by atoms with Gasteiger partial charge in [0.05, 0.1) is 10.6 Å². The number of allylic oxidation sites excluding steroid dienone is 1. The van der Waals surface area contributed by atoms with Gasteiger partial charge in [0.2, 0.25) is 0 Å². The van der Waals surface area contributed by atoms with Crippen molar-refractivity contribution in [1.29, 1.82) is 0 Å². The summed E-state index contributed by atoms with van der Waals surface area (Å²) in [5.74, 6) is 0. The average molecular weight is 207 g/mol. The van der Waals surface area contributed by atoms with Gasteiger partial charge in [0.25, 0.3) is 0 Å². The summed E-state index contributed by atoms with van der Waals surface area (Å²) in [4.78, 5) is 10.0. The van der Waals surface area contributed by atoms with Crippen LogP contribution in [0.25, 0.3) is 0 Å². The highest BCUT2D eigenvalue weighted by molar-refractivity contribution is 9.12. The summed E-state index contributed by atoms with van der Waals surface area (Å²) < 4.78 is 5.54. The average Bonchev–Trinajstić information content (AvgIpc) is 1.99. The minimum absolute atomic E-state index is 0.174. The van der Waals surface area contributed by atoms with E-state index in [-0.39, 0.29) is 6.10 Å². The Hall–Kier alpha value is -0.150. The van der Waals surface area contributed by atoms with Crippen LogP contribution in [0.3, 0.4) is 0 Å². The molecule has 0 saturated heterocycles. The predicted molar refractivity (Wildman–Crippen MR) is 44.2 cm³/mol. The van der Waals surface area contributed by atoms with Gasteiger partial charge in [0.1, 0.15) is 0 Å². The summed E-state index contributed by atoms with van der Waals surface area (Å²) in [6.45, 7) is 1.95. The number of hydrogen-bond acceptors (Lipinski definition) is 2. The number of carbonyl (C=O) groups excluding carboxylic acids is 1. The topological polar surface area (TPSA) is 26.3 Å². The Labute approximate surface area is 69.4 Å². The van der Waals surface area contributed by atoms with Crippen LogP contribution in [0.2, 0.25) is 0 Å². The van der Waals surface area contributed by atoms with Crippen molar-refractivity contribution in [1.82, 2.24) is 0 Å². The highest BCUT2D eigenvalue weighted by Gasteiger charge is 1.95. The van der Waals surface area contributed by atoms with Gasteiger partial charge in [-0.15, -0.1) is 0 Å². The quantitative estimate of drug-likeness (QED) is 0.519. The van der Waals surface area contributed by atoms with E-state index in [2.05, 4.69) is 15.9 Å². The standard InChI is InChI=1S/C7H11BrO2/c1-6(10-2)3-4-7(8)5-9/h4-6H,3H2,1-2H3/b7-4-. The number of ether oxygens (including phenoxy) is 1. The zero-order valence-corrected chi connectivity index (χ0v) is 7.72. The van der Waals surface area contributed by atoms with E-state index in [1.54, 1.807) is 13.2 Å². The third kappa shape index (κ3) is 4.70. The van der Waals surface area contributed by atoms with Crippen LogP contribution in [0, 0.1) is 0 Å². The summed E-state index contributed by atoms with van der Waals surface area (Å²) in [7, 11) is 1.65. The Morgan fingerprint density at radius 1 is 1.80 bits per heavy atom. The molecule has 0 amide bonds. The van der Waals surface area contributed by atoms with E-state index < -0.39 is 0 Å². The molecule has 2 nitrogen and oxygen atoms in total. The second-order valence-electron chi connectivity index (χ2n) is 1.99. The summed E-state index contributed by atoms with van der Waals surface area (Å²) >= 11 is 3.07. The van der Waals surface area contributed by atoms with Crippen LogP contribution in [-0.4, -0.2) is 19.5 Å². The molecule has 0 aromatic carbocycles. The zero-order chi connectivity index (χ0) is 7.98. The van der Waals surface area contributed by atoms with E-state index in [1.807, 2.05) is 6.92 Å². The van der Waals surface area contributed by atoms with Crippen molar-refractivity contribution in [2.75, 3.05) is 7.11 Å². The fraction of sp³-hybridized carbons (Fsp3) is 0.571. The lowest BCUT2D eigenvalue weighted by atomic mass is 10.3. The van der Waals surface area contributed by atoms with Crippen LogP contribution in [0.5, 0.6) is 0 Å². The Bertz CT molecular complexity index is 132. The van der Waals surface area contributed by atoms with Crippen LogP contribution < -0.4 is 0 Å².